The van der Waals surface area contributed by atoms with Gasteiger partial charge >= 0.3 is 11.9 Å². The van der Waals surface area contributed by atoms with Crippen molar-refractivity contribution in [1.29, 1.82) is 0 Å². The summed E-state index contributed by atoms with van der Waals surface area (Å²) in [6, 6.07) is 4.33. The highest BCUT2D eigenvalue weighted by atomic mass is 16.4. The van der Waals surface area contributed by atoms with Crippen LogP contribution in [0.2, 0.25) is 0 Å². The van der Waals surface area contributed by atoms with E-state index >= 15 is 0 Å². The van der Waals surface area contributed by atoms with E-state index in [0.29, 0.717) is 22.6 Å². The third-order valence-corrected chi connectivity index (χ3v) is 5.01. The molecular weight excluding hydrogens is 272 g/mol. The third kappa shape index (κ3) is 2.20. The van der Waals surface area contributed by atoms with Gasteiger partial charge in [0, 0.05) is 18.9 Å². The van der Waals surface area contributed by atoms with E-state index in [9.17, 15) is 19.8 Å². The van der Waals surface area contributed by atoms with Crippen LogP contribution in [0.3, 0.4) is 0 Å². The molecule has 0 spiro atoms. The van der Waals surface area contributed by atoms with Crippen molar-refractivity contribution in [2.45, 2.75) is 18.9 Å². The molecule has 3 aliphatic heterocycles. The van der Waals surface area contributed by atoms with Crippen LogP contribution in [0.25, 0.3) is 0 Å². The van der Waals surface area contributed by atoms with Gasteiger partial charge in [0.05, 0.1) is 31.2 Å². The number of hydrogen-bond acceptors (Lipinski definition) is 3. The van der Waals surface area contributed by atoms with E-state index < -0.39 is 11.9 Å². The molecule has 0 saturated carbocycles. The summed E-state index contributed by atoms with van der Waals surface area (Å²) >= 11 is 0. The Morgan fingerprint density at radius 2 is 1.81 bits per heavy atom. The van der Waals surface area contributed by atoms with Gasteiger partial charge in [0.15, 0.2) is 0 Å². The summed E-state index contributed by atoms with van der Waals surface area (Å²) in [6.45, 7) is 2.36. The Balaban J connectivity index is 2.12. The molecule has 6 heteroatoms. The maximum absolute atomic E-state index is 11.5. The van der Waals surface area contributed by atoms with Crippen molar-refractivity contribution in [3.05, 3.63) is 29.3 Å². The Morgan fingerprint density at radius 1 is 1.14 bits per heavy atom. The highest BCUT2D eigenvalue weighted by Crippen LogP contribution is 2.40. The van der Waals surface area contributed by atoms with E-state index in [2.05, 4.69) is 0 Å². The fraction of sp³-hybridized carbons (Fsp3) is 0.467. The largest absolute Gasteiger partial charge is 0.478 e. The van der Waals surface area contributed by atoms with Crippen molar-refractivity contribution in [2.24, 2.45) is 11.7 Å². The maximum Gasteiger partial charge on any atom is 0.341 e. The van der Waals surface area contributed by atoms with E-state index in [1.807, 2.05) is 0 Å². The normalized spacial score (nSPS) is 31.1. The van der Waals surface area contributed by atoms with E-state index in [4.69, 9.17) is 5.73 Å². The standard InChI is InChI=1S/C15H18N2O4/c16-12-8-17(5-3-9(12)4-6-17)13-7-10(14(18)19)1-2-11(13)15(20)21/h1-2,7,9,12H,3-6,8,16H2,(H-,18,19,20,21)/p+1/t9?,12-,17?/m1/s1. The molecule has 1 aromatic rings. The number of fused-ring (bicyclic) bond motifs is 3. The summed E-state index contributed by atoms with van der Waals surface area (Å²) in [7, 11) is 0. The second-order valence-corrected chi connectivity index (χ2v) is 6.12. The van der Waals surface area contributed by atoms with Crippen LogP contribution in [-0.2, 0) is 0 Å². The van der Waals surface area contributed by atoms with Gasteiger partial charge in [-0.1, -0.05) is 0 Å². The number of aromatic carboxylic acids is 2. The summed E-state index contributed by atoms with van der Waals surface area (Å²) in [5, 5.41) is 18.6. The lowest BCUT2D eigenvalue weighted by molar-refractivity contribution is 0.0662. The Hall–Kier alpha value is -1.92. The highest BCUT2D eigenvalue weighted by molar-refractivity contribution is 5.97. The third-order valence-electron chi connectivity index (χ3n) is 5.01. The van der Waals surface area contributed by atoms with E-state index in [1.54, 1.807) is 0 Å². The first-order valence-corrected chi connectivity index (χ1v) is 7.16. The molecule has 6 nitrogen and oxygen atoms in total. The van der Waals surface area contributed by atoms with Crippen molar-refractivity contribution < 1.29 is 19.8 Å². The lowest BCUT2D eigenvalue weighted by Gasteiger charge is -2.51. The first-order valence-electron chi connectivity index (χ1n) is 7.16. The molecule has 0 aromatic heterocycles. The molecule has 3 heterocycles. The van der Waals surface area contributed by atoms with Gasteiger partial charge in [0.25, 0.3) is 0 Å². The van der Waals surface area contributed by atoms with Crippen molar-refractivity contribution >= 4 is 17.6 Å². The minimum Gasteiger partial charge on any atom is -0.478 e. The van der Waals surface area contributed by atoms with Crippen LogP contribution in [0.1, 0.15) is 33.6 Å². The molecule has 3 saturated heterocycles. The van der Waals surface area contributed by atoms with Crippen LogP contribution in [-0.4, -0.2) is 47.8 Å². The summed E-state index contributed by atoms with van der Waals surface area (Å²) in [5.74, 6) is -1.54. The lowest BCUT2D eigenvalue weighted by Crippen LogP contribution is -2.67. The van der Waals surface area contributed by atoms with Crippen LogP contribution in [0, 0.1) is 5.92 Å². The summed E-state index contributed by atoms with van der Waals surface area (Å²) < 4.78 is 0.500. The smallest absolute Gasteiger partial charge is 0.341 e. The average molecular weight is 291 g/mol. The lowest BCUT2D eigenvalue weighted by atomic mass is 9.81. The van der Waals surface area contributed by atoms with Gasteiger partial charge in [0.2, 0.25) is 0 Å². The SMILES string of the molecule is N[C@@H]1C[N+]2(c3cc(C(=O)O)ccc3C(=O)O)CCC1CC2. The number of piperidine rings is 3. The number of carboxylic acids is 2. The number of benzene rings is 1. The zero-order chi connectivity index (χ0) is 15.2. The molecule has 0 radical (unpaired) electrons. The Labute approximate surface area is 122 Å². The van der Waals surface area contributed by atoms with E-state index in [1.165, 1.54) is 18.2 Å². The second-order valence-electron chi connectivity index (χ2n) is 6.12. The number of hydrogen-bond donors (Lipinski definition) is 3. The number of quaternary nitrogens is 1. The Bertz CT molecular complexity index is 606. The zero-order valence-corrected chi connectivity index (χ0v) is 11.7. The van der Waals surface area contributed by atoms with Gasteiger partial charge in [-0.05, 0) is 18.1 Å². The highest BCUT2D eigenvalue weighted by Gasteiger charge is 2.47. The van der Waals surface area contributed by atoms with Crippen LogP contribution in [0.15, 0.2) is 18.2 Å². The van der Waals surface area contributed by atoms with Crippen LogP contribution >= 0.6 is 0 Å². The predicted octanol–water partition coefficient (Wildman–Crippen LogP) is 1.14. The molecule has 3 aliphatic rings. The van der Waals surface area contributed by atoms with Gasteiger partial charge in [-0.15, -0.1) is 0 Å². The topological polar surface area (TPSA) is 101 Å². The van der Waals surface area contributed by atoms with Gasteiger partial charge in [0.1, 0.15) is 11.3 Å². The molecule has 2 bridgehead atoms. The van der Waals surface area contributed by atoms with Crippen molar-refractivity contribution in [3.8, 4) is 0 Å². The number of nitrogens with two attached hydrogens (primary N) is 1. The summed E-state index contributed by atoms with van der Waals surface area (Å²) in [4.78, 5) is 22.7. The summed E-state index contributed by atoms with van der Waals surface area (Å²) in [5.41, 5.74) is 7.10. The molecule has 4 N–H and O–H groups in total. The van der Waals surface area contributed by atoms with E-state index in [-0.39, 0.29) is 17.2 Å². The molecular formula is C15H19N2O4+. The Kier molecular flexibility index (Phi) is 3.22. The van der Waals surface area contributed by atoms with Crippen LogP contribution in [0.5, 0.6) is 0 Å². The minimum atomic E-state index is -1.04. The minimum absolute atomic E-state index is 0.0580. The molecule has 21 heavy (non-hydrogen) atoms. The fourth-order valence-electron chi connectivity index (χ4n) is 3.82. The van der Waals surface area contributed by atoms with Gasteiger partial charge < -0.3 is 15.9 Å². The molecule has 0 unspecified atom stereocenters. The van der Waals surface area contributed by atoms with Gasteiger partial charge in [-0.2, -0.15) is 0 Å². The quantitative estimate of drug-likeness (QED) is 0.725. The summed E-state index contributed by atoms with van der Waals surface area (Å²) in [6.07, 6.45) is 1.94. The number of carbonyl (C=O) groups is 2. The number of carboxylic acid groups (broad SMARTS) is 2. The maximum atomic E-state index is 11.5. The second kappa shape index (κ2) is 4.82. The fourth-order valence-corrected chi connectivity index (χ4v) is 3.82. The predicted molar refractivity (Wildman–Crippen MR) is 77.5 cm³/mol. The molecule has 0 aliphatic carbocycles. The molecule has 0 amide bonds. The molecule has 1 aromatic carbocycles. The molecule has 4 rings (SSSR count). The van der Waals surface area contributed by atoms with Crippen molar-refractivity contribution in [2.75, 3.05) is 19.6 Å². The van der Waals surface area contributed by atoms with Crippen LogP contribution in [0.4, 0.5) is 5.69 Å². The average Bonchev–Trinajstić information content (AvgIpc) is 2.47. The van der Waals surface area contributed by atoms with E-state index in [0.717, 1.165) is 25.9 Å². The Morgan fingerprint density at radius 3 is 2.33 bits per heavy atom. The first kappa shape index (κ1) is 14.0. The van der Waals surface area contributed by atoms with Crippen molar-refractivity contribution in [1.82, 2.24) is 4.48 Å². The van der Waals surface area contributed by atoms with Crippen LogP contribution < -0.4 is 10.2 Å². The molecule has 112 valence electrons. The monoisotopic (exact) mass is 291 g/mol. The van der Waals surface area contributed by atoms with Crippen molar-refractivity contribution in [3.63, 3.8) is 0 Å². The zero-order valence-electron chi connectivity index (χ0n) is 11.7. The van der Waals surface area contributed by atoms with Gasteiger partial charge in [-0.25, -0.2) is 9.59 Å². The first-order chi connectivity index (χ1) is 9.93. The number of rotatable bonds is 3. The van der Waals surface area contributed by atoms with Gasteiger partial charge in [-0.3, -0.25) is 4.48 Å². The number of nitrogens with zero attached hydrogens (tertiary/aromatic N) is 1. The molecule has 3 fully saturated rings. The molecule has 1 atom stereocenters.